The Morgan fingerprint density at radius 3 is 2.71 bits per heavy atom. The SMILES string of the molecule is CCOC(=O)c1ccc(COc2cc3c(cc2N(CC(C)F)Sc2nc(C)cs2)CCC3)nn1. The molecule has 0 saturated carbocycles. The van der Waals surface area contributed by atoms with Gasteiger partial charge in [-0.05, 0) is 75.4 Å². The second-order valence-electron chi connectivity index (χ2n) is 8.05. The van der Waals surface area contributed by atoms with Crippen LogP contribution in [0.5, 0.6) is 5.75 Å². The number of carbonyl (C=O) groups is 1. The molecule has 1 atom stereocenters. The summed E-state index contributed by atoms with van der Waals surface area (Å²) in [6, 6.07) is 7.44. The third-order valence-electron chi connectivity index (χ3n) is 5.23. The summed E-state index contributed by atoms with van der Waals surface area (Å²) in [6.07, 6.45) is 2.06. The van der Waals surface area contributed by atoms with Crippen molar-refractivity contribution in [3.63, 3.8) is 0 Å². The second-order valence-corrected chi connectivity index (χ2v) is 10.2. The Labute approximate surface area is 206 Å². The van der Waals surface area contributed by atoms with Crippen LogP contribution in [0.4, 0.5) is 10.1 Å². The minimum atomic E-state index is -1.03. The first-order valence-electron chi connectivity index (χ1n) is 11.2. The number of carbonyl (C=O) groups excluding carboxylic acids is 1. The smallest absolute Gasteiger partial charge is 0.358 e. The Morgan fingerprint density at radius 2 is 2.06 bits per heavy atom. The summed E-state index contributed by atoms with van der Waals surface area (Å²) >= 11 is 2.96. The number of alkyl halides is 1. The third kappa shape index (κ3) is 6.04. The summed E-state index contributed by atoms with van der Waals surface area (Å²) in [4.78, 5) is 16.3. The first kappa shape index (κ1) is 24.4. The molecule has 0 bridgehead atoms. The minimum Gasteiger partial charge on any atom is -0.485 e. The predicted molar refractivity (Wildman–Crippen MR) is 131 cm³/mol. The van der Waals surface area contributed by atoms with Crippen molar-refractivity contribution < 1.29 is 18.7 Å². The number of hydrogen-bond acceptors (Lipinski definition) is 9. The molecule has 0 radical (unpaired) electrons. The molecule has 1 unspecified atom stereocenters. The monoisotopic (exact) mass is 502 g/mol. The van der Waals surface area contributed by atoms with E-state index in [4.69, 9.17) is 9.47 Å². The number of hydrogen-bond donors (Lipinski definition) is 0. The first-order valence-corrected chi connectivity index (χ1v) is 12.9. The summed E-state index contributed by atoms with van der Waals surface area (Å²) in [6.45, 7) is 5.88. The number of ether oxygens (including phenoxy) is 2. The molecule has 1 aliphatic rings. The normalized spacial score (nSPS) is 13.4. The maximum absolute atomic E-state index is 14.2. The maximum atomic E-state index is 14.2. The van der Waals surface area contributed by atoms with Gasteiger partial charge in [0, 0.05) is 23.0 Å². The topological polar surface area (TPSA) is 77.4 Å². The molecule has 3 aromatic rings. The molecule has 1 aromatic carbocycles. The molecule has 7 nitrogen and oxygen atoms in total. The van der Waals surface area contributed by atoms with E-state index >= 15 is 0 Å². The Morgan fingerprint density at radius 1 is 1.26 bits per heavy atom. The van der Waals surface area contributed by atoms with Crippen molar-refractivity contribution in [3.05, 3.63) is 57.9 Å². The van der Waals surface area contributed by atoms with Gasteiger partial charge in [0.25, 0.3) is 0 Å². The molecule has 0 amide bonds. The van der Waals surface area contributed by atoms with Crippen LogP contribution in [0.25, 0.3) is 0 Å². The summed E-state index contributed by atoms with van der Waals surface area (Å²) in [5.41, 5.74) is 5.02. The van der Waals surface area contributed by atoms with E-state index in [9.17, 15) is 9.18 Å². The molecular formula is C24H27FN4O3S2. The molecule has 4 rings (SSSR count). The van der Waals surface area contributed by atoms with Crippen molar-refractivity contribution in [1.29, 1.82) is 0 Å². The average molecular weight is 503 g/mol. The number of esters is 1. The summed E-state index contributed by atoms with van der Waals surface area (Å²) in [5, 5.41) is 10.0. The molecular weight excluding hydrogens is 475 g/mol. The molecule has 1 aliphatic carbocycles. The number of aryl methyl sites for hydroxylation is 3. The van der Waals surface area contributed by atoms with Gasteiger partial charge >= 0.3 is 5.97 Å². The molecule has 180 valence electrons. The zero-order valence-corrected chi connectivity index (χ0v) is 21.0. The van der Waals surface area contributed by atoms with Crippen LogP contribution < -0.4 is 9.04 Å². The van der Waals surface area contributed by atoms with Crippen LogP contribution in [0.2, 0.25) is 0 Å². The fourth-order valence-corrected chi connectivity index (χ4v) is 5.68. The molecule has 0 saturated heterocycles. The fourth-order valence-electron chi connectivity index (χ4n) is 3.68. The minimum absolute atomic E-state index is 0.155. The lowest BCUT2D eigenvalue weighted by Crippen LogP contribution is -2.23. The first-order chi connectivity index (χ1) is 16.4. The predicted octanol–water partition coefficient (Wildman–Crippen LogP) is 5.36. The van der Waals surface area contributed by atoms with Crippen LogP contribution in [0.3, 0.4) is 0 Å². The van der Waals surface area contributed by atoms with E-state index in [0.29, 0.717) is 11.4 Å². The van der Waals surface area contributed by atoms with E-state index in [1.165, 1.54) is 34.4 Å². The average Bonchev–Trinajstić information content (AvgIpc) is 3.44. The zero-order chi connectivity index (χ0) is 24.1. The highest BCUT2D eigenvalue weighted by molar-refractivity contribution is 8.02. The van der Waals surface area contributed by atoms with Crippen LogP contribution in [-0.2, 0) is 24.2 Å². The van der Waals surface area contributed by atoms with Gasteiger partial charge in [0.05, 0.1) is 18.8 Å². The number of nitrogens with zero attached hydrogens (tertiary/aromatic N) is 4. The lowest BCUT2D eigenvalue weighted by molar-refractivity contribution is 0.0518. The maximum Gasteiger partial charge on any atom is 0.358 e. The van der Waals surface area contributed by atoms with Crippen molar-refractivity contribution in [2.24, 2.45) is 0 Å². The van der Waals surface area contributed by atoms with Crippen LogP contribution in [0.1, 0.15) is 53.3 Å². The number of benzene rings is 1. The largest absolute Gasteiger partial charge is 0.485 e. The van der Waals surface area contributed by atoms with E-state index in [-0.39, 0.29) is 25.5 Å². The van der Waals surface area contributed by atoms with Crippen LogP contribution in [0, 0.1) is 6.92 Å². The molecule has 2 heterocycles. The van der Waals surface area contributed by atoms with Crippen LogP contribution in [-0.4, -0.2) is 40.5 Å². The van der Waals surface area contributed by atoms with Gasteiger partial charge in [-0.2, -0.15) is 5.10 Å². The summed E-state index contributed by atoms with van der Waals surface area (Å²) in [5.74, 6) is 0.159. The lowest BCUT2D eigenvalue weighted by atomic mass is 10.1. The molecule has 10 heteroatoms. The summed E-state index contributed by atoms with van der Waals surface area (Å²) < 4.78 is 28.1. The number of thiazole rings is 1. The van der Waals surface area contributed by atoms with E-state index in [2.05, 4.69) is 27.3 Å². The van der Waals surface area contributed by atoms with Gasteiger partial charge in [0.2, 0.25) is 0 Å². The molecule has 0 fully saturated rings. The van der Waals surface area contributed by atoms with Gasteiger partial charge < -0.3 is 13.8 Å². The number of aromatic nitrogens is 3. The van der Waals surface area contributed by atoms with Gasteiger partial charge in [-0.25, -0.2) is 14.2 Å². The number of rotatable bonds is 10. The quantitative estimate of drug-likeness (QED) is 0.271. The van der Waals surface area contributed by atoms with Crippen molar-refractivity contribution in [2.45, 2.75) is 57.2 Å². The highest BCUT2D eigenvalue weighted by Crippen LogP contribution is 2.41. The van der Waals surface area contributed by atoms with E-state index in [0.717, 1.165) is 35.0 Å². The molecule has 0 aliphatic heterocycles. The van der Waals surface area contributed by atoms with Gasteiger partial charge in [-0.3, -0.25) is 0 Å². The second kappa shape index (κ2) is 11.1. The Kier molecular flexibility index (Phi) is 7.99. The van der Waals surface area contributed by atoms with Gasteiger partial charge in [0.1, 0.15) is 24.2 Å². The lowest BCUT2D eigenvalue weighted by Gasteiger charge is -2.26. The molecule has 2 aromatic heterocycles. The Balaban J connectivity index is 1.58. The summed E-state index contributed by atoms with van der Waals surface area (Å²) in [7, 11) is 0. The van der Waals surface area contributed by atoms with E-state index in [1.807, 2.05) is 16.6 Å². The standard InChI is InChI=1S/C24H27FN4O3S2/c1-4-31-23(30)20-9-8-19(27-28-20)13-32-22-11-18-7-5-6-17(18)10-21(22)29(12-15(2)25)34-24-26-16(3)14-33-24/h8-11,14-15H,4-7,12-13H2,1-3H3. The number of fused-ring (bicyclic) bond motifs is 1. The van der Waals surface area contributed by atoms with E-state index in [1.54, 1.807) is 26.0 Å². The van der Waals surface area contributed by atoms with Crippen molar-refractivity contribution >= 4 is 34.9 Å². The molecule has 34 heavy (non-hydrogen) atoms. The molecule has 0 spiro atoms. The van der Waals surface area contributed by atoms with Gasteiger partial charge in [0.15, 0.2) is 10.0 Å². The van der Waals surface area contributed by atoms with Gasteiger partial charge in [-0.15, -0.1) is 16.4 Å². The van der Waals surface area contributed by atoms with Crippen LogP contribution in [0.15, 0.2) is 34.0 Å². The van der Waals surface area contributed by atoms with E-state index < -0.39 is 12.1 Å². The highest BCUT2D eigenvalue weighted by Gasteiger charge is 2.23. The number of halogens is 1. The van der Waals surface area contributed by atoms with Gasteiger partial charge in [-0.1, -0.05) is 0 Å². The van der Waals surface area contributed by atoms with Crippen LogP contribution >= 0.6 is 23.3 Å². The van der Waals surface area contributed by atoms with Crippen molar-refractivity contribution in [3.8, 4) is 5.75 Å². The number of anilines is 1. The Bertz CT molecular complexity index is 1140. The molecule has 0 N–H and O–H groups in total. The Hall–Kier alpha value is -2.72. The van der Waals surface area contributed by atoms with Crippen molar-refractivity contribution in [2.75, 3.05) is 17.5 Å². The van der Waals surface area contributed by atoms with Crippen molar-refractivity contribution in [1.82, 2.24) is 15.2 Å². The zero-order valence-electron chi connectivity index (χ0n) is 19.4. The highest BCUT2D eigenvalue weighted by atomic mass is 32.2. The fraction of sp³-hybridized carbons (Fsp3) is 0.417. The third-order valence-corrected chi connectivity index (χ3v) is 7.30.